The number of likely N-dealkylation sites (N-methyl/N-ethyl adjacent to an activating group) is 1. The van der Waals surface area contributed by atoms with Crippen LogP contribution in [0.15, 0.2) is 69.7 Å². The van der Waals surface area contributed by atoms with Crippen LogP contribution in [0.3, 0.4) is 0 Å². The minimum Gasteiger partial charge on any atom is -0.464 e. The van der Waals surface area contributed by atoms with E-state index in [-0.39, 0.29) is 53.3 Å². The van der Waals surface area contributed by atoms with E-state index >= 15 is 0 Å². The second kappa shape index (κ2) is 17.7. The van der Waals surface area contributed by atoms with Crippen LogP contribution in [0.2, 0.25) is 0 Å². The van der Waals surface area contributed by atoms with Crippen molar-refractivity contribution in [3.05, 3.63) is 60.3 Å². The molecule has 0 N–H and O–H groups in total. The smallest absolute Gasteiger partial charge is 0.415 e. The summed E-state index contributed by atoms with van der Waals surface area (Å²) >= 11 is 6.36. The van der Waals surface area contributed by atoms with E-state index in [1.165, 1.54) is 24.3 Å². The Labute approximate surface area is 293 Å². The average Bonchev–Trinajstić information content (AvgIpc) is 3.46. The Bertz CT molecular complexity index is 1630. The molecule has 3 rings (SSSR count). The second-order valence-corrected chi connectivity index (χ2v) is 15.3. The van der Waals surface area contributed by atoms with Crippen LogP contribution in [0.1, 0.15) is 52.9 Å². The van der Waals surface area contributed by atoms with Gasteiger partial charge in [0.2, 0.25) is 0 Å². The van der Waals surface area contributed by atoms with Crippen molar-refractivity contribution < 1.29 is 41.7 Å². The van der Waals surface area contributed by atoms with Gasteiger partial charge in [-0.25, -0.2) is 8.42 Å². The number of esters is 2. The molecule has 2 aromatic rings. The van der Waals surface area contributed by atoms with Gasteiger partial charge >= 0.3 is 22.8 Å². The largest absolute Gasteiger partial charge is 0.464 e. The fourth-order valence-electron chi connectivity index (χ4n) is 6.03. The number of aromatic nitrogens is 2. The van der Waals surface area contributed by atoms with Crippen molar-refractivity contribution in [1.29, 1.82) is 0 Å². The first-order chi connectivity index (χ1) is 23.1. The van der Waals surface area contributed by atoms with Crippen molar-refractivity contribution in [2.75, 3.05) is 45.8 Å². The summed E-state index contributed by atoms with van der Waals surface area (Å²) in [4.78, 5) is 25.9. The van der Waals surface area contributed by atoms with Crippen molar-refractivity contribution in [1.82, 2.24) is 10.1 Å². The molecule has 12 nitrogen and oxygen atoms in total. The van der Waals surface area contributed by atoms with Crippen LogP contribution in [0.5, 0.6) is 5.88 Å². The maximum absolute atomic E-state index is 12.8. The first kappa shape index (κ1) is 39.6. The third-order valence-electron chi connectivity index (χ3n) is 8.99. The van der Waals surface area contributed by atoms with Crippen LogP contribution in [0.25, 0.3) is 0 Å². The van der Waals surface area contributed by atoms with Gasteiger partial charge in [-0.3, -0.25) is 19.1 Å². The lowest BCUT2D eigenvalue weighted by Gasteiger charge is -2.50. The van der Waals surface area contributed by atoms with Gasteiger partial charge in [-0.05, 0) is 66.0 Å². The number of carbonyl (C=O) groups excluding carboxylic acids is 2. The fourth-order valence-corrected chi connectivity index (χ4v) is 7.51. The quantitative estimate of drug-likeness (QED) is 0.0732. The van der Waals surface area contributed by atoms with E-state index in [1.54, 1.807) is 6.07 Å². The van der Waals surface area contributed by atoms with Crippen LogP contribution >= 0.6 is 11.6 Å². The summed E-state index contributed by atoms with van der Waals surface area (Å²) in [5, 5.41) is 14.4. The number of sulfone groups is 1. The maximum atomic E-state index is 12.8. The zero-order chi connectivity index (χ0) is 36.2. The Hall–Kier alpha value is -3.86. The summed E-state index contributed by atoms with van der Waals surface area (Å²) in [6.07, 6.45) is 4.85. The van der Waals surface area contributed by atoms with E-state index in [9.17, 15) is 23.2 Å². The number of allylic oxidation sites excluding steroid dienone is 1. The molecule has 3 atom stereocenters. The van der Waals surface area contributed by atoms with Crippen LogP contribution < -0.4 is 9.64 Å². The number of carbonyl (C=O) groups is 2. The maximum Gasteiger partial charge on any atom is 0.415 e. The molecule has 0 amide bonds. The summed E-state index contributed by atoms with van der Waals surface area (Å²) in [7, 11) is -2.30. The molecule has 0 saturated heterocycles. The normalized spacial score (nSPS) is 19.4. The summed E-state index contributed by atoms with van der Waals surface area (Å²) in [5.41, 5.74) is 1.17. The van der Waals surface area contributed by atoms with Gasteiger partial charge in [0.15, 0.2) is 13.2 Å². The number of halogens is 1. The van der Waals surface area contributed by atoms with Gasteiger partial charge < -0.3 is 19.4 Å². The van der Waals surface area contributed by atoms with Gasteiger partial charge in [0.25, 0.3) is 9.84 Å². The highest BCUT2D eigenvalue weighted by atomic mass is 35.5. The number of hydrogen-bond donors (Lipinski definition) is 0. The zero-order valence-corrected chi connectivity index (χ0v) is 30.2. The van der Waals surface area contributed by atoms with E-state index in [4.69, 9.17) is 25.8 Å². The monoisotopic (exact) mass is 719 g/mol. The molecule has 1 aromatic carbocycles. The molecular weight excluding hydrogens is 674 g/mol. The highest BCUT2D eigenvalue weighted by Crippen LogP contribution is 2.53. The molecule has 0 spiro atoms. The van der Waals surface area contributed by atoms with Crippen molar-refractivity contribution >= 4 is 33.4 Å². The molecule has 1 aromatic heterocycles. The third kappa shape index (κ3) is 10.8. The van der Waals surface area contributed by atoms with Gasteiger partial charge in [0, 0.05) is 19.0 Å². The van der Waals surface area contributed by atoms with E-state index in [0.717, 1.165) is 24.8 Å². The topological polar surface area (TPSA) is 152 Å². The molecule has 1 heterocycles. The number of alkyl halides is 1. The highest BCUT2D eigenvalue weighted by Gasteiger charge is 2.45. The molecule has 49 heavy (non-hydrogen) atoms. The molecule has 0 radical (unpaired) electrons. The number of benzene rings is 1. The minimum absolute atomic E-state index is 0.0239. The Kier molecular flexibility index (Phi) is 14.3. The van der Waals surface area contributed by atoms with Gasteiger partial charge in [-0.1, -0.05) is 69.0 Å². The van der Waals surface area contributed by atoms with E-state index in [1.807, 2.05) is 7.05 Å². The number of hydrogen-bond acceptors (Lipinski definition) is 11. The Morgan fingerprint density at radius 1 is 1.20 bits per heavy atom. The van der Waals surface area contributed by atoms with Crippen molar-refractivity contribution in [3.63, 3.8) is 0 Å². The van der Waals surface area contributed by atoms with Crippen LogP contribution in [0, 0.1) is 39.7 Å². The Balaban J connectivity index is 1.32. The van der Waals surface area contributed by atoms with Gasteiger partial charge in [-0.15, -0.1) is 18.2 Å². The van der Waals surface area contributed by atoms with Crippen molar-refractivity contribution in [3.8, 4) is 17.7 Å². The molecule has 268 valence electrons. The summed E-state index contributed by atoms with van der Waals surface area (Å²) < 4.78 is 45.4. The molecule has 1 aliphatic rings. The molecule has 0 bridgehead atoms. The number of rotatable bonds is 17. The first-order valence-electron chi connectivity index (χ1n) is 16.0. The van der Waals surface area contributed by atoms with Crippen molar-refractivity contribution in [2.45, 2.75) is 62.8 Å². The molecule has 0 unspecified atom stereocenters. The predicted molar refractivity (Wildman–Crippen MR) is 182 cm³/mol. The molecular formula is C35H46ClN3O9S. The summed E-state index contributed by atoms with van der Waals surface area (Å²) in [5.74, 6) is 4.69. The molecule has 0 aliphatic heterocycles. The van der Waals surface area contributed by atoms with Crippen LogP contribution in [-0.2, 0) is 28.9 Å². The number of ether oxygens (including phenoxy) is 3. The molecule has 1 fully saturated rings. The Morgan fingerprint density at radius 3 is 2.51 bits per heavy atom. The van der Waals surface area contributed by atoms with Crippen LogP contribution in [-0.4, -0.2) is 76.3 Å². The SMILES string of the molecule is C=C[C@]1(C)CC[C@@H](C(=C)CN(C)CCOC(=O)CCC(=O)OCC#CCOc2no[n+]([O-])c2S(=O)(=O)c2ccccc2)C[C@H]1C(C)(C)CCl. The Morgan fingerprint density at radius 2 is 1.86 bits per heavy atom. The first-order valence-corrected chi connectivity index (χ1v) is 18.0. The highest BCUT2D eigenvalue weighted by molar-refractivity contribution is 7.91. The summed E-state index contributed by atoms with van der Waals surface area (Å²) in [6, 6.07) is 7.25. The van der Waals surface area contributed by atoms with Gasteiger partial charge in [0.1, 0.15) is 6.61 Å². The number of nitrogens with zero attached hydrogens (tertiary/aromatic N) is 3. The fraction of sp³-hybridized carbons (Fsp3) is 0.543. The molecule has 14 heteroatoms. The lowest BCUT2D eigenvalue weighted by atomic mass is 9.55. The predicted octanol–water partition coefficient (Wildman–Crippen LogP) is 4.75. The molecule has 1 aliphatic carbocycles. The standard InChI is InChI=1S/C35H46ClN3O9S/c1-7-35(5)18-17-27(23-29(35)34(3,4)25-36)26(2)24-38(6)19-22-46-31(41)16-15-30(40)45-20-11-12-21-47-32-33(39(42)48-37-32)49(43,44)28-13-9-8-10-14-28/h7-10,13-14,27,29H,1-2,15-25H2,3-6H3/t27-,29+,35-/m1/s1. The van der Waals surface area contributed by atoms with Gasteiger partial charge in [0.05, 0.1) is 22.9 Å². The van der Waals surface area contributed by atoms with E-state index < -0.39 is 32.7 Å². The minimum atomic E-state index is -4.26. The third-order valence-corrected chi connectivity index (χ3v) is 11.4. The lowest BCUT2D eigenvalue weighted by Crippen LogP contribution is -2.43. The summed E-state index contributed by atoms with van der Waals surface area (Å²) in [6.45, 7) is 15.9. The zero-order valence-electron chi connectivity index (χ0n) is 28.6. The second-order valence-electron chi connectivity index (χ2n) is 13.1. The van der Waals surface area contributed by atoms with Gasteiger partial charge in [-0.2, -0.15) is 0 Å². The average molecular weight is 720 g/mol. The van der Waals surface area contributed by atoms with E-state index in [0.29, 0.717) is 30.8 Å². The van der Waals surface area contributed by atoms with Crippen molar-refractivity contribution in [2.24, 2.45) is 22.7 Å². The lowest BCUT2D eigenvalue weighted by molar-refractivity contribution is -0.832. The van der Waals surface area contributed by atoms with Crippen LogP contribution in [0.4, 0.5) is 0 Å². The molecule has 1 saturated carbocycles. The van der Waals surface area contributed by atoms with E-state index in [2.05, 4.69) is 66.5 Å².